The van der Waals surface area contributed by atoms with Gasteiger partial charge in [0, 0.05) is 18.7 Å². The van der Waals surface area contributed by atoms with Gasteiger partial charge in [-0.1, -0.05) is 13.3 Å². The largest absolute Gasteiger partial charge is 0.846 e. The molecule has 0 saturated heterocycles. The second-order valence-corrected chi connectivity index (χ2v) is 4.94. The van der Waals surface area contributed by atoms with Gasteiger partial charge in [0.05, 0.1) is 18.2 Å². The van der Waals surface area contributed by atoms with Crippen LogP contribution >= 0.6 is 0 Å². The first-order chi connectivity index (χ1) is 11.6. The summed E-state index contributed by atoms with van der Waals surface area (Å²) < 4.78 is 11.4. The molecular weight excluding hydrogens is 312 g/mol. The van der Waals surface area contributed by atoms with Crippen LogP contribution in [0.25, 0.3) is 5.69 Å². The molecule has 1 aromatic heterocycles. The minimum absolute atomic E-state index is 0.190. The topological polar surface area (TPSA) is 104 Å². The van der Waals surface area contributed by atoms with E-state index in [1.165, 1.54) is 10.9 Å². The first-order valence-corrected chi connectivity index (χ1v) is 7.78. The van der Waals surface area contributed by atoms with E-state index in [0.29, 0.717) is 24.4 Å². The van der Waals surface area contributed by atoms with Crippen LogP contribution in [0.2, 0.25) is 0 Å². The summed E-state index contributed by atoms with van der Waals surface area (Å²) in [6.45, 7) is 4.58. The molecule has 0 aliphatic rings. The Bertz CT molecular complexity index is 694. The normalized spacial score (nSPS) is 11.3. The summed E-state index contributed by atoms with van der Waals surface area (Å²) in [5.74, 6) is -0.189. The quantitative estimate of drug-likeness (QED) is 0.267. The van der Waals surface area contributed by atoms with Crippen molar-refractivity contribution >= 4 is 17.9 Å². The molecule has 0 amide bonds. The summed E-state index contributed by atoms with van der Waals surface area (Å²) in [6.07, 6.45) is 3.35. The van der Waals surface area contributed by atoms with Crippen molar-refractivity contribution in [3.8, 4) is 5.69 Å². The maximum atomic E-state index is 11.6. The van der Waals surface area contributed by atoms with Gasteiger partial charge in [0.1, 0.15) is 0 Å². The number of aliphatic imine (C=N–C) groups is 1. The number of hydrogen-bond acceptors (Lipinski definition) is 6. The predicted octanol–water partition coefficient (Wildman–Crippen LogP) is 1.06. The standard InChI is InChI=1S/C16H20N4O4/c1-3-5-10-17-16(22)18-14-11-20(19-24-14)13-8-6-12(7-9-13)15(21)23-4-2/h6-9,11H,3-5,10H2,1-2H3,(H-,17,18,19,22). The first kappa shape index (κ1) is 17.5. The highest BCUT2D eigenvalue weighted by molar-refractivity contribution is 5.89. The smallest absolute Gasteiger partial charge is 0.338 e. The van der Waals surface area contributed by atoms with Gasteiger partial charge in [-0.2, -0.15) is 0 Å². The van der Waals surface area contributed by atoms with Gasteiger partial charge < -0.3 is 15.2 Å². The van der Waals surface area contributed by atoms with Crippen LogP contribution in [0.15, 0.2) is 40.0 Å². The molecule has 2 rings (SSSR count). The lowest BCUT2D eigenvalue weighted by Gasteiger charge is -2.08. The summed E-state index contributed by atoms with van der Waals surface area (Å²) in [7, 11) is 0. The molecule has 0 atom stereocenters. The highest BCUT2D eigenvalue weighted by Gasteiger charge is 2.15. The van der Waals surface area contributed by atoms with E-state index in [4.69, 9.17) is 9.26 Å². The molecule has 1 aromatic carbocycles. The van der Waals surface area contributed by atoms with Crippen molar-refractivity contribution in [3.63, 3.8) is 0 Å². The van der Waals surface area contributed by atoms with E-state index in [1.807, 2.05) is 6.92 Å². The van der Waals surface area contributed by atoms with Crippen molar-refractivity contribution in [2.45, 2.75) is 26.7 Å². The first-order valence-electron chi connectivity index (χ1n) is 7.78. The van der Waals surface area contributed by atoms with Crippen LogP contribution in [0.5, 0.6) is 0 Å². The number of anilines is 1. The lowest BCUT2D eigenvalue weighted by atomic mass is 10.2. The molecule has 0 spiro atoms. The van der Waals surface area contributed by atoms with Gasteiger partial charge in [0.15, 0.2) is 0 Å². The van der Waals surface area contributed by atoms with E-state index >= 15 is 0 Å². The second kappa shape index (κ2) is 8.66. The number of rotatable bonds is 7. The molecule has 128 valence electrons. The molecule has 0 fully saturated rings. The van der Waals surface area contributed by atoms with Gasteiger partial charge in [-0.25, -0.2) is 4.79 Å². The Balaban J connectivity index is 2.02. The summed E-state index contributed by atoms with van der Waals surface area (Å²) >= 11 is 0. The SMILES string of the molecule is CCCCN=C([O-])Nc1c[n+](-c2ccc(C(=O)OCC)cc2)no1. The number of unbranched alkanes of at least 4 members (excludes halogenated alkanes) is 1. The minimum Gasteiger partial charge on any atom is -0.846 e. The van der Waals surface area contributed by atoms with Crippen LogP contribution in [0.1, 0.15) is 37.0 Å². The molecule has 0 unspecified atom stereocenters. The lowest BCUT2D eigenvalue weighted by molar-refractivity contribution is -0.670. The maximum Gasteiger partial charge on any atom is 0.338 e. The van der Waals surface area contributed by atoms with E-state index in [-0.39, 0.29) is 11.9 Å². The van der Waals surface area contributed by atoms with Gasteiger partial charge >= 0.3 is 11.9 Å². The Kier molecular flexibility index (Phi) is 6.30. The lowest BCUT2D eigenvalue weighted by Crippen LogP contribution is -2.32. The number of nitrogens with zero attached hydrogens (tertiary/aromatic N) is 3. The second-order valence-electron chi connectivity index (χ2n) is 4.94. The molecule has 0 aliphatic carbocycles. The van der Waals surface area contributed by atoms with Gasteiger partial charge in [-0.15, -0.1) is 0 Å². The summed E-state index contributed by atoms with van der Waals surface area (Å²) in [5.41, 5.74) is 1.13. The Labute approximate surface area is 139 Å². The summed E-state index contributed by atoms with van der Waals surface area (Å²) in [4.78, 5) is 15.4. The molecule has 0 aliphatic heterocycles. The molecule has 0 bridgehead atoms. The number of amidine groups is 1. The number of ether oxygens (including phenoxy) is 1. The summed E-state index contributed by atoms with van der Waals surface area (Å²) in [5, 5.41) is 17.9. The molecule has 8 heteroatoms. The zero-order chi connectivity index (χ0) is 17.4. The Morgan fingerprint density at radius 3 is 2.79 bits per heavy atom. The predicted molar refractivity (Wildman–Crippen MR) is 84.8 cm³/mol. The van der Waals surface area contributed by atoms with Crippen molar-refractivity contribution in [2.24, 2.45) is 4.99 Å². The van der Waals surface area contributed by atoms with E-state index in [1.54, 1.807) is 31.2 Å². The molecule has 1 N–H and O–H groups in total. The fraction of sp³-hybridized carbons (Fsp3) is 0.375. The van der Waals surface area contributed by atoms with Crippen LogP contribution in [-0.2, 0) is 4.74 Å². The number of carbonyl (C=O) groups excluding carboxylic acids is 1. The Morgan fingerprint density at radius 1 is 1.38 bits per heavy atom. The number of esters is 1. The molecule has 24 heavy (non-hydrogen) atoms. The molecule has 1 heterocycles. The molecule has 2 aromatic rings. The third kappa shape index (κ3) is 4.80. The van der Waals surface area contributed by atoms with Crippen LogP contribution < -0.4 is 15.1 Å². The van der Waals surface area contributed by atoms with E-state index < -0.39 is 6.02 Å². The zero-order valence-corrected chi connectivity index (χ0v) is 13.7. The van der Waals surface area contributed by atoms with E-state index in [9.17, 15) is 9.90 Å². The third-order valence-electron chi connectivity index (χ3n) is 3.11. The van der Waals surface area contributed by atoms with Crippen molar-refractivity contribution < 1.29 is 23.8 Å². The van der Waals surface area contributed by atoms with Crippen LogP contribution in [0.3, 0.4) is 0 Å². The van der Waals surface area contributed by atoms with Crippen LogP contribution in [-0.4, -0.2) is 30.4 Å². The van der Waals surface area contributed by atoms with E-state index in [2.05, 4.69) is 15.6 Å². The number of carbonyl (C=O) groups is 1. The number of nitrogens with one attached hydrogen (secondary N) is 1. The van der Waals surface area contributed by atoms with Crippen LogP contribution in [0, 0.1) is 0 Å². The van der Waals surface area contributed by atoms with Crippen molar-refractivity contribution in [3.05, 3.63) is 36.0 Å². The van der Waals surface area contributed by atoms with Gasteiger partial charge in [0.25, 0.3) is 6.20 Å². The summed E-state index contributed by atoms with van der Waals surface area (Å²) in [6, 6.07) is 6.20. The van der Waals surface area contributed by atoms with Crippen molar-refractivity contribution in [1.29, 1.82) is 0 Å². The van der Waals surface area contributed by atoms with E-state index in [0.717, 1.165) is 12.8 Å². The fourth-order valence-corrected chi connectivity index (χ4v) is 1.87. The Morgan fingerprint density at radius 2 is 2.12 bits per heavy atom. The minimum atomic E-state index is -0.468. The highest BCUT2D eigenvalue weighted by Crippen LogP contribution is 2.07. The molecule has 0 radical (unpaired) electrons. The van der Waals surface area contributed by atoms with Crippen molar-refractivity contribution in [2.75, 3.05) is 18.5 Å². The van der Waals surface area contributed by atoms with Gasteiger partial charge in [0.2, 0.25) is 11.0 Å². The van der Waals surface area contributed by atoms with Crippen LogP contribution in [0.4, 0.5) is 5.88 Å². The number of hydrogen-bond donors (Lipinski definition) is 1. The molecule has 8 nitrogen and oxygen atoms in total. The monoisotopic (exact) mass is 332 g/mol. The van der Waals surface area contributed by atoms with Gasteiger partial charge in [-0.3, -0.25) is 9.52 Å². The van der Waals surface area contributed by atoms with Crippen molar-refractivity contribution in [1.82, 2.24) is 5.27 Å². The average Bonchev–Trinajstić information content (AvgIpc) is 3.04. The molecule has 0 saturated carbocycles. The number of aromatic nitrogens is 2. The average molecular weight is 332 g/mol. The van der Waals surface area contributed by atoms with Gasteiger partial charge in [-0.05, 0) is 30.2 Å². The number of benzene rings is 1. The zero-order valence-electron chi connectivity index (χ0n) is 13.7. The fourth-order valence-electron chi connectivity index (χ4n) is 1.87. The third-order valence-corrected chi connectivity index (χ3v) is 3.11. The highest BCUT2D eigenvalue weighted by atomic mass is 16.5. The maximum absolute atomic E-state index is 11.6. The Hall–Kier alpha value is -2.90. The molecular formula is C16H20N4O4.